The summed E-state index contributed by atoms with van der Waals surface area (Å²) in [6.45, 7) is 3.40. The number of nitrogens with zero attached hydrogens (tertiary/aromatic N) is 4. The number of likely N-dealkylation sites (tertiary alicyclic amines) is 1. The van der Waals surface area contributed by atoms with Gasteiger partial charge in [-0.2, -0.15) is 0 Å². The molecule has 1 unspecified atom stereocenters. The van der Waals surface area contributed by atoms with Crippen molar-refractivity contribution in [2.24, 2.45) is 10.9 Å². The van der Waals surface area contributed by atoms with Crippen LogP contribution in [0.4, 0.5) is 0 Å². The van der Waals surface area contributed by atoms with Gasteiger partial charge in [-0.1, -0.05) is 25.0 Å². The lowest BCUT2D eigenvalue weighted by atomic mass is 10.1. The van der Waals surface area contributed by atoms with Crippen LogP contribution in [0.1, 0.15) is 38.5 Å². The number of fused-ring (bicyclic) bond motifs is 1. The molecular weight excluding hydrogens is 491 g/mol. The number of nitrogens with one attached hydrogen (secondary N) is 2. The minimum Gasteiger partial charge on any atom is -0.356 e. The minimum absolute atomic E-state index is 0. The summed E-state index contributed by atoms with van der Waals surface area (Å²) < 4.78 is 2.19. The van der Waals surface area contributed by atoms with Gasteiger partial charge < -0.3 is 20.1 Å². The second-order valence-electron chi connectivity index (χ2n) is 8.17. The first kappa shape index (κ1) is 22.8. The molecule has 8 heteroatoms. The highest BCUT2D eigenvalue weighted by molar-refractivity contribution is 14.0. The van der Waals surface area contributed by atoms with Crippen LogP contribution < -0.4 is 10.6 Å². The van der Waals surface area contributed by atoms with Crippen LogP contribution in [0.2, 0.25) is 0 Å². The number of carbonyl (C=O) groups excluding carboxylic acids is 1. The summed E-state index contributed by atoms with van der Waals surface area (Å²) in [6.07, 6.45) is 8.44. The molecule has 1 amide bonds. The van der Waals surface area contributed by atoms with E-state index >= 15 is 0 Å². The van der Waals surface area contributed by atoms with Crippen LogP contribution in [0, 0.1) is 5.92 Å². The average molecular weight is 524 g/mol. The van der Waals surface area contributed by atoms with E-state index in [0.29, 0.717) is 5.91 Å². The highest BCUT2D eigenvalue weighted by atomic mass is 127. The molecule has 7 nitrogen and oxygen atoms in total. The maximum absolute atomic E-state index is 12.6. The van der Waals surface area contributed by atoms with E-state index in [-0.39, 0.29) is 35.9 Å². The number of imidazole rings is 1. The Kier molecular flexibility index (Phi) is 8.35. The fourth-order valence-electron chi connectivity index (χ4n) is 4.54. The zero-order valence-electron chi connectivity index (χ0n) is 17.7. The van der Waals surface area contributed by atoms with Gasteiger partial charge in [0.05, 0.1) is 17.4 Å². The van der Waals surface area contributed by atoms with E-state index < -0.39 is 0 Å². The first-order valence-corrected chi connectivity index (χ1v) is 10.9. The van der Waals surface area contributed by atoms with Gasteiger partial charge in [0.15, 0.2) is 5.96 Å². The maximum atomic E-state index is 12.6. The van der Waals surface area contributed by atoms with Crippen LogP contribution >= 0.6 is 24.0 Å². The number of para-hydroxylation sites is 2. The quantitative estimate of drug-likeness (QED) is 0.264. The molecule has 2 N–H and O–H groups in total. The summed E-state index contributed by atoms with van der Waals surface area (Å²) in [4.78, 5) is 23.5. The Morgan fingerprint density at radius 1 is 1.23 bits per heavy atom. The third kappa shape index (κ3) is 5.44. The topological polar surface area (TPSA) is 74.6 Å². The standard InChI is InChI=1S/C22H32N6O.HI/c1-23-22(24-12-6-13-28-16-25-19-9-4-5-10-20(19)28)26-18-11-14-27(15-18)21(29)17-7-2-3-8-17;/h4-5,9-10,16-18H,2-3,6-8,11-15H2,1H3,(H2,23,24,26);1H. The van der Waals surface area contributed by atoms with Crippen molar-refractivity contribution in [3.63, 3.8) is 0 Å². The number of amides is 1. The van der Waals surface area contributed by atoms with E-state index in [2.05, 4.69) is 31.2 Å². The van der Waals surface area contributed by atoms with Crippen LogP contribution in [-0.2, 0) is 11.3 Å². The monoisotopic (exact) mass is 524 g/mol. The van der Waals surface area contributed by atoms with Crippen molar-refractivity contribution < 1.29 is 4.79 Å². The number of aromatic nitrogens is 2. The van der Waals surface area contributed by atoms with Gasteiger partial charge in [-0.15, -0.1) is 24.0 Å². The first-order valence-electron chi connectivity index (χ1n) is 10.9. The normalized spacial score (nSPS) is 19.8. The molecule has 0 spiro atoms. The van der Waals surface area contributed by atoms with E-state index in [1.165, 1.54) is 18.4 Å². The van der Waals surface area contributed by atoms with Crippen molar-refractivity contribution in [1.29, 1.82) is 0 Å². The summed E-state index contributed by atoms with van der Waals surface area (Å²) in [5.74, 6) is 1.45. The molecule has 4 rings (SSSR count). The molecule has 1 aromatic heterocycles. The molecule has 2 aromatic rings. The third-order valence-corrected chi connectivity index (χ3v) is 6.16. The number of rotatable bonds is 6. The van der Waals surface area contributed by atoms with Gasteiger partial charge in [-0.05, 0) is 37.8 Å². The lowest BCUT2D eigenvalue weighted by molar-refractivity contribution is -0.134. The van der Waals surface area contributed by atoms with Gasteiger partial charge >= 0.3 is 0 Å². The number of benzene rings is 1. The van der Waals surface area contributed by atoms with Gasteiger partial charge in [0.1, 0.15) is 0 Å². The molecule has 1 aliphatic heterocycles. The second-order valence-corrected chi connectivity index (χ2v) is 8.17. The summed E-state index contributed by atoms with van der Waals surface area (Å²) >= 11 is 0. The molecule has 1 aliphatic carbocycles. The van der Waals surface area contributed by atoms with Gasteiger partial charge in [0, 0.05) is 45.2 Å². The van der Waals surface area contributed by atoms with E-state index in [4.69, 9.17) is 0 Å². The fourth-order valence-corrected chi connectivity index (χ4v) is 4.54. The molecule has 2 heterocycles. The molecule has 1 aromatic carbocycles. The lowest BCUT2D eigenvalue weighted by Crippen LogP contribution is -2.45. The summed E-state index contributed by atoms with van der Waals surface area (Å²) in [7, 11) is 1.80. The van der Waals surface area contributed by atoms with E-state index in [0.717, 1.165) is 63.3 Å². The molecule has 2 fully saturated rings. The Morgan fingerprint density at radius 3 is 2.83 bits per heavy atom. The maximum Gasteiger partial charge on any atom is 0.225 e. The van der Waals surface area contributed by atoms with E-state index in [9.17, 15) is 4.79 Å². The van der Waals surface area contributed by atoms with E-state index in [1.807, 2.05) is 29.4 Å². The highest BCUT2D eigenvalue weighted by Gasteiger charge is 2.32. The fraction of sp³-hybridized carbons (Fsp3) is 0.591. The number of guanidine groups is 1. The zero-order valence-corrected chi connectivity index (χ0v) is 20.0. The Morgan fingerprint density at radius 2 is 2.03 bits per heavy atom. The van der Waals surface area contributed by atoms with Crippen LogP contribution in [0.15, 0.2) is 35.6 Å². The Balaban J connectivity index is 0.00000256. The Labute approximate surface area is 195 Å². The Bertz CT molecular complexity index is 860. The van der Waals surface area contributed by atoms with E-state index in [1.54, 1.807) is 7.05 Å². The third-order valence-electron chi connectivity index (χ3n) is 6.16. The SMILES string of the molecule is CN=C(NCCCn1cnc2ccccc21)NC1CCN(C(=O)C2CCCC2)C1.I. The van der Waals surface area contributed by atoms with Crippen LogP contribution in [-0.4, -0.2) is 59.0 Å². The molecule has 30 heavy (non-hydrogen) atoms. The van der Waals surface area contributed by atoms with Crippen molar-refractivity contribution in [2.75, 3.05) is 26.7 Å². The summed E-state index contributed by atoms with van der Waals surface area (Å²) in [5.41, 5.74) is 2.21. The summed E-state index contributed by atoms with van der Waals surface area (Å²) in [5, 5.41) is 6.90. The lowest BCUT2D eigenvalue weighted by Gasteiger charge is -2.21. The average Bonchev–Trinajstić information content (AvgIpc) is 3.51. The molecule has 1 atom stereocenters. The molecule has 2 aliphatic rings. The predicted molar refractivity (Wildman–Crippen MR) is 131 cm³/mol. The molecule has 0 bridgehead atoms. The number of aliphatic imine (C=N–C) groups is 1. The number of halogens is 1. The molecule has 1 saturated carbocycles. The van der Waals surface area contributed by atoms with Crippen molar-refractivity contribution in [3.05, 3.63) is 30.6 Å². The van der Waals surface area contributed by atoms with Crippen LogP contribution in [0.3, 0.4) is 0 Å². The van der Waals surface area contributed by atoms with Crippen molar-refractivity contribution in [2.45, 2.75) is 51.1 Å². The van der Waals surface area contributed by atoms with Crippen molar-refractivity contribution in [1.82, 2.24) is 25.1 Å². The molecular formula is C22H33IN6O. The van der Waals surface area contributed by atoms with Gasteiger partial charge in [-0.3, -0.25) is 9.79 Å². The number of carbonyl (C=O) groups is 1. The number of hydrogen-bond acceptors (Lipinski definition) is 3. The largest absolute Gasteiger partial charge is 0.356 e. The molecule has 0 radical (unpaired) electrons. The van der Waals surface area contributed by atoms with Crippen molar-refractivity contribution >= 4 is 46.9 Å². The van der Waals surface area contributed by atoms with Crippen LogP contribution in [0.5, 0.6) is 0 Å². The smallest absolute Gasteiger partial charge is 0.225 e. The second kappa shape index (κ2) is 11.0. The van der Waals surface area contributed by atoms with Gasteiger partial charge in [0.2, 0.25) is 5.91 Å². The zero-order chi connectivity index (χ0) is 20.1. The molecule has 164 valence electrons. The number of aryl methyl sites for hydroxylation is 1. The Hall–Kier alpha value is -1.84. The highest BCUT2D eigenvalue weighted by Crippen LogP contribution is 2.27. The minimum atomic E-state index is 0. The van der Waals surface area contributed by atoms with Crippen LogP contribution in [0.25, 0.3) is 11.0 Å². The summed E-state index contributed by atoms with van der Waals surface area (Å²) in [6, 6.07) is 8.49. The first-order chi connectivity index (χ1) is 14.2. The van der Waals surface area contributed by atoms with Gasteiger partial charge in [-0.25, -0.2) is 4.98 Å². The van der Waals surface area contributed by atoms with Crippen molar-refractivity contribution in [3.8, 4) is 0 Å². The number of hydrogen-bond donors (Lipinski definition) is 2. The predicted octanol–water partition coefficient (Wildman–Crippen LogP) is 3.00. The molecule has 1 saturated heterocycles. The van der Waals surface area contributed by atoms with Gasteiger partial charge in [0.25, 0.3) is 0 Å².